The fourth-order valence-corrected chi connectivity index (χ4v) is 2.02. The molecular weight excluding hydrogens is 312 g/mol. The lowest BCUT2D eigenvalue weighted by Crippen LogP contribution is -2.36. The number of rotatable bonds is 1. The summed E-state index contributed by atoms with van der Waals surface area (Å²) in [5.74, 6) is 5.75. The summed E-state index contributed by atoms with van der Waals surface area (Å²) in [6.45, 7) is 0. The Hall–Kier alpha value is -0.590. The number of benzene rings is 1. The molecule has 0 amide bonds. The molecule has 0 spiro atoms. The molecule has 14 heavy (non-hydrogen) atoms. The van der Waals surface area contributed by atoms with Crippen molar-refractivity contribution in [3.8, 4) is 0 Å². The summed E-state index contributed by atoms with van der Waals surface area (Å²) in [5.41, 5.74) is 3.34. The molecule has 0 fully saturated rings. The highest BCUT2D eigenvalue weighted by Gasteiger charge is 2.01. The van der Waals surface area contributed by atoms with Crippen molar-refractivity contribution < 1.29 is 0 Å². The highest BCUT2D eigenvalue weighted by molar-refractivity contribution is 9.11. The van der Waals surface area contributed by atoms with Gasteiger partial charge in [0.25, 0.3) is 0 Å². The number of nitrogens with zero attached hydrogens (tertiary/aromatic N) is 1. The molecule has 0 bridgehead atoms. The van der Waals surface area contributed by atoms with Crippen molar-refractivity contribution in [1.82, 2.24) is 5.43 Å². The number of hydrogen-bond donors (Lipinski definition) is 3. The van der Waals surface area contributed by atoms with Crippen molar-refractivity contribution in [3.05, 3.63) is 27.1 Å². The van der Waals surface area contributed by atoms with E-state index in [-0.39, 0.29) is 0 Å². The first-order valence-corrected chi connectivity index (χ1v) is 5.41. The predicted molar refractivity (Wildman–Crippen MR) is 66.1 cm³/mol. The lowest BCUT2D eigenvalue weighted by Gasteiger charge is -2.09. The van der Waals surface area contributed by atoms with E-state index in [2.05, 4.69) is 47.6 Å². The van der Waals surface area contributed by atoms with Gasteiger partial charge in [0.1, 0.15) is 0 Å². The van der Waals surface area contributed by atoms with Crippen LogP contribution in [0, 0.1) is 0 Å². The molecule has 0 saturated heterocycles. The number of guanidine groups is 1. The topological polar surface area (TPSA) is 62.4 Å². The fourth-order valence-electron chi connectivity index (χ4n) is 0.875. The molecule has 6 heteroatoms. The van der Waals surface area contributed by atoms with Gasteiger partial charge in [0.15, 0.2) is 0 Å². The zero-order valence-corrected chi connectivity index (χ0v) is 10.7. The molecule has 0 saturated carbocycles. The summed E-state index contributed by atoms with van der Waals surface area (Å²) in [6.07, 6.45) is 0. The van der Waals surface area contributed by atoms with E-state index in [4.69, 9.17) is 5.84 Å². The molecule has 0 unspecified atom stereocenters. The minimum absolute atomic E-state index is 0.507. The predicted octanol–water partition coefficient (Wildman–Crippen LogP) is 2.07. The molecule has 0 atom stereocenters. The van der Waals surface area contributed by atoms with Gasteiger partial charge in [0.2, 0.25) is 5.96 Å². The minimum Gasteiger partial charge on any atom is -0.324 e. The monoisotopic (exact) mass is 320 g/mol. The maximum atomic E-state index is 5.24. The third kappa shape index (κ3) is 2.97. The van der Waals surface area contributed by atoms with E-state index in [0.29, 0.717) is 5.96 Å². The van der Waals surface area contributed by atoms with Gasteiger partial charge < -0.3 is 5.32 Å². The summed E-state index contributed by atoms with van der Waals surface area (Å²) in [7, 11) is 1.65. The van der Waals surface area contributed by atoms with Crippen molar-refractivity contribution in [3.63, 3.8) is 0 Å². The highest BCUT2D eigenvalue weighted by atomic mass is 79.9. The third-order valence-electron chi connectivity index (χ3n) is 1.54. The lowest BCUT2D eigenvalue weighted by atomic mass is 10.3. The maximum Gasteiger partial charge on any atom is 0.210 e. The molecule has 1 rings (SSSR count). The molecule has 0 aliphatic heterocycles. The van der Waals surface area contributed by atoms with Crippen LogP contribution in [-0.4, -0.2) is 13.0 Å². The van der Waals surface area contributed by atoms with Crippen LogP contribution in [0.3, 0.4) is 0 Å². The fraction of sp³-hybridized carbons (Fsp3) is 0.125. The zero-order chi connectivity index (χ0) is 10.6. The van der Waals surface area contributed by atoms with Crippen LogP contribution in [0.2, 0.25) is 0 Å². The molecule has 4 N–H and O–H groups in total. The van der Waals surface area contributed by atoms with Crippen molar-refractivity contribution in [2.45, 2.75) is 0 Å². The van der Waals surface area contributed by atoms with Crippen molar-refractivity contribution in [1.29, 1.82) is 0 Å². The molecule has 1 aromatic rings. The second-order valence-corrected chi connectivity index (χ2v) is 4.24. The Labute approximate surface area is 99.2 Å². The molecule has 0 aliphatic carbocycles. The van der Waals surface area contributed by atoms with E-state index in [0.717, 1.165) is 14.6 Å². The molecular formula is C8H10Br2N4. The van der Waals surface area contributed by atoms with Gasteiger partial charge in [-0.25, -0.2) is 5.84 Å². The Morgan fingerprint density at radius 3 is 2.64 bits per heavy atom. The lowest BCUT2D eigenvalue weighted by molar-refractivity contribution is 1.01. The van der Waals surface area contributed by atoms with E-state index < -0.39 is 0 Å². The number of aliphatic imine (C=N–C) groups is 1. The Bertz CT molecular complexity index is 351. The summed E-state index contributed by atoms with van der Waals surface area (Å²) in [4.78, 5) is 3.90. The molecule has 0 heterocycles. The number of nitrogens with two attached hydrogens (primary N) is 1. The molecule has 0 aromatic heterocycles. The highest BCUT2D eigenvalue weighted by Crippen LogP contribution is 2.25. The van der Waals surface area contributed by atoms with Crippen LogP contribution in [0.5, 0.6) is 0 Å². The number of nitrogens with one attached hydrogen (secondary N) is 2. The summed E-state index contributed by atoms with van der Waals surface area (Å²) in [5, 5.41) is 3.02. The van der Waals surface area contributed by atoms with E-state index in [1.54, 1.807) is 7.05 Å². The molecule has 0 radical (unpaired) electrons. The van der Waals surface area contributed by atoms with E-state index in [1.807, 2.05) is 18.2 Å². The van der Waals surface area contributed by atoms with E-state index in [1.165, 1.54) is 0 Å². The number of hydrogen-bond acceptors (Lipinski definition) is 2. The first-order chi connectivity index (χ1) is 6.67. The van der Waals surface area contributed by atoms with Crippen LogP contribution in [0.4, 0.5) is 5.69 Å². The second kappa shape index (κ2) is 5.33. The summed E-state index contributed by atoms with van der Waals surface area (Å²) in [6, 6.07) is 5.78. The standard InChI is InChI=1S/C8H10Br2N4/c1-12-8(14-11)13-7-3-2-5(9)4-6(7)10/h2-4H,11H2,1H3,(H2,12,13,14). The van der Waals surface area contributed by atoms with Crippen molar-refractivity contribution in [2.75, 3.05) is 12.4 Å². The second-order valence-electron chi connectivity index (χ2n) is 2.47. The van der Waals surface area contributed by atoms with Gasteiger partial charge in [-0.05, 0) is 34.1 Å². The van der Waals surface area contributed by atoms with Gasteiger partial charge in [0.05, 0.1) is 5.69 Å². The van der Waals surface area contributed by atoms with Crippen LogP contribution in [0.25, 0.3) is 0 Å². The van der Waals surface area contributed by atoms with Crippen LogP contribution in [-0.2, 0) is 0 Å². The van der Waals surface area contributed by atoms with Crippen LogP contribution in [0.1, 0.15) is 0 Å². The first kappa shape index (κ1) is 11.5. The van der Waals surface area contributed by atoms with Gasteiger partial charge in [-0.15, -0.1) is 0 Å². The van der Waals surface area contributed by atoms with Crippen molar-refractivity contribution in [2.24, 2.45) is 10.8 Å². The summed E-state index contributed by atoms with van der Waals surface area (Å²) < 4.78 is 1.94. The van der Waals surface area contributed by atoms with Gasteiger partial charge in [-0.2, -0.15) is 0 Å². The van der Waals surface area contributed by atoms with Crippen LogP contribution in [0.15, 0.2) is 32.1 Å². The van der Waals surface area contributed by atoms with Gasteiger partial charge in [0, 0.05) is 16.0 Å². The minimum atomic E-state index is 0.507. The van der Waals surface area contributed by atoms with E-state index >= 15 is 0 Å². The van der Waals surface area contributed by atoms with Gasteiger partial charge in [-0.1, -0.05) is 15.9 Å². The van der Waals surface area contributed by atoms with Gasteiger partial charge >= 0.3 is 0 Å². The van der Waals surface area contributed by atoms with Crippen LogP contribution < -0.4 is 16.6 Å². The molecule has 76 valence electrons. The average molecular weight is 322 g/mol. The Kier molecular flexibility index (Phi) is 4.37. The third-order valence-corrected chi connectivity index (χ3v) is 2.69. The Morgan fingerprint density at radius 1 is 1.43 bits per heavy atom. The normalized spacial score (nSPS) is 11.3. The van der Waals surface area contributed by atoms with Gasteiger partial charge in [-0.3, -0.25) is 10.4 Å². The zero-order valence-electron chi connectivity index (χ0n) is 7.51. The first-order valence-electron chi connectivity index (χ1n) is 3.83. The van der Waals surface area contributed by atoms with Crippen LogP contribution >= 0.6 is 31.9 Å². The van der Waals surface area contributed by atoms with E-state index in [9.17, 15) is 0 Å². The van der Waals surface area contributed by atoms with Crippen molar-refractivity contribution >= 4 is 43.5 Å². The average Bonchev–Trinajstić information content (AvgIpc) is 2.17. The largest absolute Gasteiger partial charge is 0.324 e. The smallest absolute Gasteiger partial charge is 0.210 e. The molecule has 1 aromatic carbocycles. The molecule has 4 nitrogen and oxygen atoms in total. The number of halogens is 2. The number of anilines is 1. The number of hydrazine groups is 1. The Morgan fingerprint density at radius 2 is 2.14 bits per heavy atom. The quantitative estimate of drug-likeness (QED) is 0.321. The maximum absolute atomic E-state index is 5.24. The SMILES string of the molecule is CN=C(NN)Nc1ccc(Br)cc1Br. The summed E-state index contributed by atoms with van der Waals surface area (Å²) >= 11 is 6.79. The molecule has 0 aliphatic rings. The Balaban J connectivity index is 2.87.